The molecule has 1 aromatic rings. The number of aromatic nitrogens is 2. The summed E-state index contributed by atoms with van der Waals surface area (Å²) in [7, 11) is 1.94. The molecule has 0 spiro atoms. The first-order valence-electron chi connectivity index (χ1n) is 7.73. The van der Waals surface area contributed by atoms with Crippen LogP contribution in [0.1, 0.15) is 43.5 Å². The number of fused-ring (bicyclic) bond motifs is 1. The highest BCUT2D eigenvalue weighted by Gasteiger charge is 2.29. The summed E-state index contributed by atoms with van der Waals surface area (Å²) in [6.45, 7) is 1.62. The number of carbonyl (C=O) groups is 1. The van der Waals surface area contributed by atoms with Gasteiger partial charge in [0.05, 0.1) is 23.8 Å². The highest BCUT2D eigenvalue weighted by Crippen LogP contribution is 2.24. The Kier molecular flexibility index (Phi) is 4.05. The Bertz CT molecular complexity index is 464. The van der Waals surface area contributed by atoms with E-state index >= 15 is 0 Å². The summed E-state index contributed by atoms with van der Waals surface area (Å²) in [6, 6.07) is -0.112. The van der Waals surface area contributed by atoms with Gasteiger partial charge in [-0.15, -0.1) is 0 Å². The maximum Gasteiger partial charge on any atom is 0.239 e. The van der Waals surface area contributed by atoms with Crippen LogP contribution in [0.2, 0.25) is 0 Å². The summed E-state index contributed by atoms with van der Waals surface area (Å²) < 4.78 is 0. The average molecular weight is 276 g/mol. The molecule has 1 unspecified atom stereocenters. The van der Waals surface area contributed by atoms with Crippen molar-refractivity contribution in [2.24, 2.45) is 5.92 Å². The number of aromatic amines is 1. The van der Waals surface area contributed by atoms with Crippen molar-refractivity contribution in [2.75, 3.05) is 13.6 Å². The minimum atomic E-state index is -0.112. The average Bonchev–Trinajstić information content (AvgIpc) is 2.94. The van der Waals surface area contributed by atoms with Crippen LogP contribution >= 0.6 is 0 Å². The SMILES string of the molecule is CN(CC1CCCCC1)C(=O)C1Cc2nc[nH]c2CN1. The van der Waals surface area contributed by atoms with Crippen LogP contribution < -0.4 is 5.32 Å². The van der Waals surface area contributed by atoms with E-state index in [-0.39, 0.29) is 11.9 Å². The monoisotopic (exact) mass is 276 g/mol. The number of amides is 1. The third kappa shape index (κ3) is 2.87. The second kappa shape index (κ2) is 5.95. The second-order valence-corrected chi connectivity index (χ2v) is 6.19. The van der Waals surface area contributed by atoms with Gasteiger partial charge in [0, 0.05) is 26.6 Å². The van der Waals surface area contributed by atoms with Crippen LogP contribution in [-0.2, 0) is 17.8 Å². The van der Waals surface area contributed by atoms with Crippen LogP contribution in [0.15, 0.2) is 6.33 Å². The zero-order chi connectivity index (χ0) is 13.9. The van der Waals surface area contributed by atoms with Crippen molar-refractivity contribution in [1.82, 2.24) is 20.2 Å². The molecule has 0 aromatic carbocycles. The summed E-state index contributed by atoms with van der Waals surface area (Å²) in [5, 5.41) is 3.32. The Morgan fingerprint density at radius 2 is 2.20 bits per heavy atom. The Morgan fingerprint density at radius 3 is 3.00 bits per heavy atom. The third-order valence-corrected chi connectivity index (χ3v) is 4.66. The lowest BCUT2D eigenvalue weighted by Crippen LogP contribution is -2.49. The van der Waals surface area contributed by atoms with E-state index in [1.165, 1.54) is 32.1 Å². The van der Waals surface area contributed by atoms with E-state index in [4.69, 9.17) is 0 Å². The number of carbonyl (C=O) groups excluding carboxylic acids is 1. The van der Waals surface area contributed by atoms with Crippen molar-refractivity contribution in [2.45, 2.75) is 51.1 Å². The van der Waals surface area contributed by atoms with E-state index in [9.17, 15) is 4.79 Å². The fourth-order valence-corrected chi connectivity index (χ4v) is 3.46. The van der Waals surface area contributed by atoms with E-state index in [2.05, 4.69) is 15.3 Å². The molecule has 2 aliphatic rings. The van der Waals surface area contributed by atoms with Crippen LogP contribution in [0.3, 0.4) is 0 Å². The maximum atomic E-state index is 12.5. The first kappa shape index (κ1) is 13.6. The zero-order valence-electron chi connectivity index (χ0n) is 12.2. The topological polar surface area (TPSA) is 61.0 Å². The first-order valence-corrected chi connectivity index (χ1v) is 7.73. The molecule has 1 saturated carbocycles. The van der Waals surface area contributed by atoms with E-state index in [1.807, 2.05) is 11.9 Å². The van der Waals surface area contributed by atoms with Crippen molar-refractivity contribution < 1.29 is 4.79 Å². The van der Waals surface area contributed by atoms with Gasteiger partial charge >= 0.3 is 0 Å². The van der Waals surface area contributed by atoms with Gasteiger partial charge in [0.1, 0.15) is 0 Å². The van der Waals surface area contributed by atoms with E-state index in [1.54, 1.807) is 6.33 Å². The van der Waals surface area contributed by atoms with Crippen molar-refractivity contribution >= 4 is 5.91 Å². The molecule has 3 rings (SSSR count). The molecule has 20 heavy (non-hydrogen) atoms. The van der Waals surface area contributed by atoms with Gasteiger partial charge in [-0.2, -0.15) is 0 Å². The summed E-state index contributed by atoms with van der Waals surface area (Å²) >= 11 is 0. The lowest BCUT2D eigenvalue weighted by Gasteiger charge is -2.31. The molecular formula is C15H24N4O. The van der Waals surface area contributed by atoms with Crippen molar-refractivity contribution in [3.63, 3.8) is 0 Å². The third-order valence-electron chi connectivity index (χ3n) is 4.66. The van der Waals surface area contributed by atoms with Crippen LogP contribution in [-0.4, -0.2) is 40.4 Å². The van der Waals surface area contributed by atoms with Crippen LogP contribution in [0.25, 0.3) is 0 Å². The quantitative estimate of drug-likeness (QED) is 0.878. The Labute approximate surface area is 120 Å². The number of nitrogens with one attached hydrogen (secondary N) is 2. The molecule has 1 fully saturated rings. The number of hydrogen-bond acceptors (Lipinski definition) is 3. The standard InChI is InChI=1S/C15H24N4O/c1-19(9-11-5-3-2-4-6-11)15(20)13-7-12-14(8-16-13)18-10-17-12/h10-11,13,16H,2-9H2,1H3,(H,17,18). The highest BCUT2D eigenvalue weighted by molar-refractivity contribution is 5.82. The normalized spacial score (nSPS) is 23.4. The molecule has 1 aliphatic carbocycles. The number of rotatable bonds is 3. The molecular weight excluding hydrogens is 252 g/mol. The molecule has 1 aromatic heterocycles. The van der Waals surface area contributed by atoms with Gasteiger partial charge < -0.3 is 9.88 Å². The summed E-state index contributed by atoms with van der Waals surface area (Å²) in [6.07, 6.45) is 8.98. The largest absolute Gasteiger partial charge is 0.347 e. The van der Waals surface area contributed by atoms with Gasteiger partial charge in [-0.3, -0.25) is 10.1 Å². The molecule has 1 atom stereocenters. The predicted octanol–water partition coefficient (Wildman–Crippen LogP) is 1.46. The summed E-state index contributed by atoms with van der Waals surface area (Å²) in [5.41, 5.74) is 2.15. The van der Waals surface area contributed by atoms with Crippen LogP contribution in [0.5, 0.6) is 0 Å². The molecule has 1 aliphatic heterocycles. The highest BCUT2D eigenvalue weighted by atomic mass is 16.2. The molecule has 2 N–H and O–H groups in total. The molecule has 0 saturated heterocycles. The molecule has 110 valence electrons. The minimum Gasteiger partial charge on any atom is -0.347 e. The molecule has 5 nitrogen and oxygen atoms in total. The van der Waals surface area contributed by atoms with Gasteiger partial charge in [0.15, 0.2) is 0 Å². The minimum absolute atomic E-state index is 0.112. The summed E-state index contributed by atoms with van der Waals surface area (Å²) in [4.78, 5) is 21.9. The number of likely N-dealkylation sites (N-methyl/N-ethyl adjacent to an activating group) is 1. The predicted molar refractivity (Wildman–Crippen MR) is 77.1 cm³/mol. The van der Waals surface area contributed by atoms with Crippen LogP contribution in [0.4, 0.5) is 0 Å². The molecule has 5 heteroatoms. The zero-order valence-corrected chi connectivity index (χ0v) is 12.2. The number of hydrogen-bond donors (Lipinski definition) is 2. The van der Waals surface area contributed by atoms with Gasteiger partial charge in [0.25, 0.3) is 0 Å². The van der Waals surface area contributed by atoms with E-state index < -0.39 is 0 Å². The lowest BCUT2D eigenvalue weighted by molar-refractivity contribution is -0.133. The first-order chi connectivity index (χ1) is 9.74. The van der Waals surface area contributed by atoms with Crippen LogP contribution in [0, 0.1) is 5.92 Å². The summed E-state index contributed by atoms with van der Waals surface area (Å²) in [5.74, 6) is 0.909. The fraction of sp³-hybridized carbons (Fsp3) is 0.733. The molecule has 0 bridgehead atoms. The van der Waals surface area contributed by atoms with Gasteiger partial charge in [-0.1, -0.05) is 19.3 Å². The van der Waals surface area contributed by atoms with Gasteiger partial charge in [0.2, 0.25) is 5.91 Å². The van der Waals surface area contributed by atoms with Gasteiger partial charge in [-0.05, 0) is 18.8 Å². The van der Waals surface area contributed by atoms with Crippen molar-refractivity contribution in [1.29, 1.82) is 0 Å². The Morgan fingerprint density at radius 1 is 1.40 bits per heavy atom. The molecule has 2 heterocycles. The van der Waals surface area contributed by atoms with Crippen molar-refractivity contribution in [3.05, 3.63) is 17.7 Å². The Hall–Kier alpha value is -1.36. The molecule has 0 radical (unpaired) electrons. The Balaban J connectivity index is 1.55. The van der Waals surface area contributed by atoms with E-state index in [0.29, 0.717) is 18.9 Å². The molecule has 1 amide bonds. The van der Waals surface area contributed by atoms with Crippen molar-refractivity contribution in [3.8, 4) is 0 Å². The fourth-order valence-electron chi connectivity index (χ4n) is 3.46. The lowest BCUT2D eigenvalue weighted by atomic mass is 9.89. The maximum absolute atomic E-state index is 12.5. The number of H-pyrrole nitrogens is 1. The smallest absolute Gasteiger partial charge is 0.239 e. The van der Waals surface area contributed by atoms with Gasteiger partial charge in [-0.25, -0.2) is 4.98 Å². The second-order valence-electron chi connectivity index (χ2n) is 6.19. The van der Waals surface area contributed by atoms with E-state index in [0.717, 1.165) is 17.9 Å². The number of imidazole rings is 1. The number of nitrogens with zero attached hydrogens (tertiary/aromatic N) is 2.